The Morgan fingerprint density at radius 3 is 2.28 bits per heavy atom. The molecule has 6 heteroatoms. The van der Waals surface area contributed by atoms with Crippen LogP contribution in [0, 0.1) is 11.3 Å². The molecule has 100 valence electrons. The Balaban J connectivity index is 1.90. The maximum Gasteiger partial charge on any atom is 0.306 e. The maximum atomic E-state index is 12.0. The van der Waals surface area contributed by atoms with E-state index in [-0.39, 0.29) is 23.8 Å². The molecule has 2 fully saturated rings. The van der Waals surface area contributed by atoms with Crippen LogP contribution in [0.25, 0.3) is 0 Å². The van der Waals surface area contributed by atoms with Crippen molar-refractivity contribution in [1.29, 1.82) is 0 Å². The molecule has 0 radical (unpaired) electrons. The molecule has 2 aliphatic carbocycles. The van der Waals surface area contributed by atoms with Gasteiger partial charge in [0.05, 0.1) is 5.92 Å². The molecule has 0 aromatic carbocycles. The van der Waals surface area contributed by atoms with Gasteiger partial charge in [0.2, 0.25) is 11.8 Å². The SMILES string of the molecule is CNC(=O)C1(C(=O)N[C@@H]2CC[C@H](C(=O)O)C2)CC1. The van der Waals surface area contributed by atoms with Gasteiger partial charge in [0, 0.05) is 13.1 Å². The van der Waals surface area contributed by atoms with Gasteiger partial charge in [-0.15, -0.1) is 0 Å². The second-order valence-electron chi connectivity index (χ2n) is 5.18. The van der Waals surface area contributed by atoms with Crippen molar-refractivity contribution in [3.8, 4) is 0 Å². The van der Waals surface area contributed by atoms with E-state index in [0.29, 0.717) is 32.1 Å². The van der Waals surface area contributed by atoms with Crippen LogP contribution in [0.4, 0.5) is 0 Å². The Kier molecular flexibility index (Phi) is 3.28. The van der Waals surface area contributed by atoms with Crippen molar-refractivity contribution < 1.29 is 19.5 Å². The predicted octanol–water partition coefficient (Wildman–Crippen LogP) is -0.118. The molecule has 2 atom stereocenters. The maximum absolute atomic E-state index is 12.0. The highest BCUT2D eigenvalue weighted by Crippen LogP contribution is 2.46. The Hall–Kier alpha value is -1.59. The van der Waals surface area contributed by atoms with Gasteiger partial charge in [-0.05, 0) is 32.1 Å². The van der Waals surface area contributed by atoms with Gasteiger partial charge >= 0.3 is 5.97 Å². The number of aliphatic carboxylic acids is 1. The fourth-order valence-corrected chi connectivity index (χ4v) is 2.58. The third kappa shape index (κ3) is 2.19. The van der Waals surface area contributed by atoms with Gasteiger partial charge in [0.1, 0.15) is 5.41 Å². The van der Waals surface area contributed by atoms with Crippen LogP contribution in [0.3, 0.4) is 0 Å². The Bertz CT molecular complexity index is 390. The lowest BCUT2D eigenvalue weighted by Gasteiger charge is -2.18. The summed E-state index contributed by atoms with van der Waals surface area (Å²) < 4.78 is 0. The molecule has 0 aromatic heterocycles. The summed E-state index contributed by atoms with van der Waals surface area (Å²) >= 11 is 0. The summed E-state index contributed by atoms with van der Waals surface area (Å²) in [6.07, 6.45) is 2.88. The minimum absolute atomic E-state index is 0.110. The first-order chi connectivity index (χ1) is 8.49. The van der Waals surface area contributed by atoms with Gasteiger partial charge in [-0.25, -0.2) is 0 Å². The van der Waals surface area contributed by atoms with Crippen molar-refractivity contribution in [1.82, 2.24) is 10.6 Å². The van der Waals surface area contributed by atoms with Crippen molar-refractivity contribution >= 4 is 17.8 Å². The molecule has 0 saturated heterocycles. The summed E-state index contributed by atoms with van der Waals surface area (Å²) in [6.45, 7) is 0. The number of amides is 2. The van der Waals surface area contributed by atoms with E-state index in [0.717, 1.165) is 0 Å². The van der Waals surface area contributed by atoms with Crippen LogP contribution < -0.4 is 10.6 Å². The molecule has 2 rings (SSSR count). The average Bonchev–Trinajstić information content (AvgIpc) is 3.03. The molecule has 2 amide bonds. The van der Waals surface area contributed by atoms with Crippen LogP contribution >= 0.6 is 0 Å². The van der Waals surface area contributed by atoms with Gasteiger partial charge in [0.25, 0.3) is 0 Å². The third-order valence-electron chi connectivity index (χ3n) is 3.96. The molecule has 0 aromatic rings. The van der Waals surface area contributed by atoms with Crippen molar-refractivity contribution in [2.75, 3.05) is 7.05 Å². The van der Waals surface area contributed by atoms with Crippen LogP contribution in [-0.4, -0.2) is 36.0 Å². The fraction of sp³-hybridized carbons (Fsp3) is 0.750. The summed E-state index contributed by atoms with van der Waals surface area (Å²) in [5, 5.41) is 14.2. The van der Waals surface area contributed by atoms with E-state index in [2.05, 4.69) is 10.6 Å². The lowest BCUT2D eigenvalue weighted by molar-refractivity contribution is -0.142. The standard InChI is InChI=1S/C12H18N2O4/c1-13-10(17)12(4-5-12)11(18)14-8-3-2-7(6-8)9(15)16/h7-8H,2-6H2,1H3,(H,13,17)(H,14,18)(H,15,16)/t7-,8+/m0/s1. The van der Waals surface area contributed by atoms with Crippen molar-refractivity contribution in [2.45, 2.75) is 38.1 Å². The number of carbonyl (C=O) groups excluding carboxylic acids is 2. The average molecular weight is 254 g/mol. The van der Waals surface area contributed by atoms with E-state index in [1.54, 1.807) is 0 Å². The number of rotatable bonds is 4. The van der Waals surface area contributed by atoms with E-state index >= 15 is 0 Å². The van der Waals surface area contributed by atoms with Crippen LogP contribution in [0.5, 0.6) is 0 Å². The highest BCUT2D eigenvalue weighted by Gasteiger charge is 2.56. The zero-order valence-corrected chi connectivity index (χ0v) is 10.4. The lowest BCUT2D eigenvalue weighted by atomic mass is 10.0. The normalized spacial score (nSPS) is 28.5. The van der Waals surface area contributed by atoms with Crippen LogP contribution in [0.1, 0.15) is 32.1 Å². The van der Waals surface area contributed by atoms with Crippen LogP contribution in [0.2, 0.25) is 0 Å². The number of nitrogens with one attached hydrogen (secondary N) is 2. The molecule has 6 nitrogen and oxygen atoms in total. The number of hydrogen-bond donors (Lipinski definition) is 3. The van der Waals surface area contributed by atoms with Gasteiger partial charge in [-0.3, -0.25) is 14.4 Å². The van der Waals surface area contributed by atoms with Crippen LogP contribution in [0.15, 0.2) is 0 Å². The zero-order chi connectivity index (χ0) is 13.3. The first kappa shape index (κ1) is 12.9. The van der Waals surface area contributed by atoms with E-state index in [1.165, 1.54) is 7.05 Å². The molecule has 2 aliphatic rings. The smallest absolute Gasteiger partial charge is 0.306 e. The number of carboxylic acids is 1. The van der Waals surface area contributed by atoms with E-state index in [1.807, 2.05) is 0 Å². The molecular formula is C12H18N2O4. The van der Waals surface area contributed by atoms with Crippen molar-refractivity contribution in [3.63, 3.8) is 0 Å². The van der Waals surface area contributed by atoms with E-state index in [4.69, 9.17) is 5.11 Å². The highest BCUT2D eigenvalue weighted by atomic mass is 16.4. The van der Waals surface area contributed by atoms with Crippen molar-refractivity contribution in [2.24, 2.45) is 11.3 Å². The molecular weight excluding hydrogens is 236 g/mol. The highest BCUT2D eigenvalue weighted by molar-refractivity contribution is 6.07. The predicted molar refractivity (Wildman–Crippen MR) is 62.6 cm³/mol. The molecule has 0 heterocycles. The topological polar surface area (TPSA) is 95.5 Å². The second-order valence-corrected chi connectivity index (χ2v) is 5.18. The van der Waals surface area contributed by atoms with Crippen molar-refractivity contribution in [3.05, 3.63) is 0 Å². The van der Waals surface area contributed by atoms with Gasteiger partial charge in [0.15, 0.2) is 0 Å². The quantitative estimate of drug-likeness (QED) is 0.610. The molecule has 0 unspecified atom stereocenters. The number of carboxylic acid groups (broad SMARTS) is 1. The molecule has 2 saturated carbocycles. The molecule has 0 spiro atoms. The summed E-state index contributed by atoms with van der Waals surface area (Å²) in [5.41, 5.74) is -0.893. The second kappa shape index (κ2) is 4.59. The fourth-order valence-electron chi connectivity index (χ4n) is 2.58. The summed E-state index contributed by atoms with van der Waals surface area (Å²) in [5.74, 6) is -1.67. The van der Waals surface area contributed by atoms with E-state index < -0.39 is 11.4 Å². The Morgan fingerprint density at radius 2 is 1.83 bits per heavy atom. The minimum Gasteiger partial charge on any atom is -0.481 e. The lowest BCUT2D eigenvalue weighted by Crippen LogP contribution is -2.45. The Morgan fingerprint density at radius 1 is 1.17 bits per heavy atom. The summed E-state index contributed by atoms with van der Waals surface area (Å²) in [4.78, 5) is 34.5. The molecule has 18 heavy (non-hydrogen) atoms. The zero-order valence-electron chi connectivity index (χ0n) is 10.4. The first-order valence-corrected chi connectivity index (χ1v) is 6.25. The van der Waals surface area contributed by atoms with Gasteiger partial charge in [-0.1, -0.05) is 0 Å². The molecule has 0 aliphatic heterocycles. The van der Waals surface area contributed by atoms with E-state index in [9.17, 15) is 14.4 Å². The van der Waals surface area contributed by atoms with Gasteiger partial charge < -0.3 is 15.7 Å². The monoisotopic (exact) mass is 254 g/mol. The van der Waals surface area contributed by atoms with Gasteiger partial charge in [-0.2, -0.15) is 0 Å². The third-order valence-corrected chi connectivity index (χ3v) is 3.96. The first-order valence-electron chi connectivity index (χ1n) is 6.25. The minimum atomic E-state index is -0.893. The summed E-state index contributed by atoms with van der Waals surface area (Å²) in [6, 6.07) is -0.110. The molecule has 3 N–H and O–H groups in total. The number of carbonyl (C=O) groups is 3. The summed E-state index contributed by atoms with van der Waals surface area (Å²) in [7, 11) is 1.52. The van der Waals surface area contributed by atoms with Crippen LogP contribution in [-0.2, 0) is 14.4 Å². The Labute approximate surface area is 105 Å². The molecule has 0 bridgehead atoms. The number of hydrogen-bond acceptors (Lipinski definition) is 3. The largest absolute Gasteiger partial charge is 0.481 e.